The monoisotopic (exact) mass is 315 g/mol. The molecule has 0 saturated heterocycles. The van der Waals surface area contributed by atoms with Crippen molar-refractivity contribution in [3.8, 4) is 23.9 Å². The largest absolute Gasteiger partial charge is 0.286 e. The fourth-order valence-corrected chi connectivity index (χ4v) is 1.96. The van der Waals surface area contributed by atoms with Crippen LogP contribution in [0.4, 0.5) is 4.39 Å². The number of aromatic nitrogens is 2. The maximum Gasteiger partial charge on any atom is 0.177 e. The van der Waals surface area contributed by atoms with E-state index in [-0.39, 0.29) is 27.1 Å². The molecular formula is C12H3BrFN5. The normalized spacial score (nSPS) is 9.42. The van der Waals surface area contributed by atoms with E-state index in [2.05, 4.69) is 20.9 Å². The zero-order chi connectivity index (χ0) is 14.0. The summed E-state index contributed by atoms with van der Waals surface area (Å²) in [6, 6.07) is 8.14. The van der Waals surface area contributed by atoms with E-state index in [1.54, 1.807) is 12.1 Å². The predicted molar refractivity (Wildman–Crippen MR) is 65.4 cm³/mol. The number of nitriles is 3. The van der Waals surface area contributed by atoms with Crippen molar-refractivity contribution in [1.82, 2.24) is 9.55 Å². The molecular weight excluding hydrogens is 313 g/mol. The van der Waals surface area contributed by atoms with Crippen LogP contribution in [0.1, 0.15) is 17.0 Å². The van der Waals surface area contributed by atoms with Gasteiger partial charge in [0.15, 0.2) is 17.2 Å². The zero-order valence-corrected chi connectivity index (χ0v) is 10.8. The Hall–Kier alpha value is -2.69. The first-order chi connectivity index (χ1) is 9.13. The number of nitrogens with zero attached hydrogens (tertiary/aromatic N) is 5. The Kier molecular flexibility index (Phi) is 3.29. The van der Waals surface area contributed by atoms with E-state index in [0.29, 0.717) is 0 Å². The van der Waals surface area contributed by atoms with E-state index in [1.165, 1.54) is 23.0 Å². The van der Waals surface area contributed by atoms with Crippen molar-refractivity contribution >= 4 is 15.9 Å². The highest BCUT2D eigenvalue weighted by Gasteiger charge is 2.17. The highest BCUT2D eigenvalue weighted by molar-refractivity contribution is 9.10. The van der Waals surface area contributed by atoms with E-state index >= 15 is 0 Å². The molecule has 0 amide bonds. The van der Waals surface area contributed by atoms with Gasteiger partial charge in [-0.1, -0.05) is 0 Å². The minimum atomic E-state index is -0.697. The zero-order valence-electron chi connectivity index (χ0n) is 9.22. The van der Waals surface area contributed by atoms with E-state index < -0.39 is 5.82 Å². The van der Waals surface area contributed by atoms with E-state index in [4.69, 9.17) is 15.8 Å². The maximum absolute atomic E-state index is 14.1. The van der Waals surface area contributed by atoms with E-state index in [1.807, 2.05) is 6.07 Å². The second kappa shape index (κ2) is 4.89. The molecule has 1 aromatic carbocycles. The van der Waals surface area contributed by atoms with Crippen molar-refractivity contribution in [1.29, 1.82) is 15.8 Å². The molecule has 0 aliphatic rings. The third-order valence-electron chi connectivity index (χ3n) is 2.42. The van der Waals surface area contributed by atoms with Crippen LogP contribution in [0.2, 0.25) is 0 Å². The Morgan fingerprint density at radius 2 is 1.89 bits per heavy atom. The van der Waals surface area contributed by atoms with Crippen LogP contribution in [0.5, 0.6) is 0 Å². The number of imidazole rings is 1. The van der Waals surface area contributed by atoms with Crippen LogP contribution in [0, 0.1) is 39.8 Å². The molecule has 0 bridgehead atoms. The van der Waals surface area contributed by atoms with Gasteiger partial charge in [-0.25, -0.2) is 9.37 Å². The van der Waals surface area contributed by atoms with Gasteiger partial charge in [0.2, 0.25) is 0 Å². The molecule has 2 rings (SSSR count). The fraction of sp³-hybridized carbons (Fsp3) is 0. The fourth-order valence-electron chi connectivity index (χ4n) is 1.53. The highest BCUT2D eigenvalue weighted by Crippen LogP contribution is 2.26. The average Bonchev–Trinajstić information content (AvgIpc) is 2.84. The Balaban J connectivity index is 2.73. The lowest BCUT2D eigenvalue weighted by molar-refractivity contribution is 0.610. The Morgan fingerprint density at radius 1 is 1.16 bits per heavy atom. The number of hydrogen-bond acceptors (Lipinski definition) is 4. The second-order valence-corrected chi connectivity index (χ2v) is 4.20. The van der Waals surface area contributed by atoms with Crippen LogP contribution in [0.3, 0.4) is 0 Å². The van der Waals surface area contributed by atoms with Gasteiger partial charge in [0, 0.05) is 0 Å². The number of hydrogen-bond donors (Lipinski definition) is 0. The van der Waals surface area contributed by atoms with Crippen LogP contribution < -0.4 is 0 Å². The summed E-state index contributed by atoms with van der Waals surface area (Å²) in [5.41, 5.74) is 0.0391. The number of benzene rings is 1. The molecule has 19 heavy (non-hydrogen) atoms. The van der Waals surface area contributed by atoms with E-state index in [9.17, 15) is 4.39 Å². The molecule has 0 aliphatic carbocycles. The summed E-state index contributed by atoms with van der Waals surface area (Å²) in [7, 11) is 0. The van der Waals surface area contributed by atoms with Gasteiger partial charge >= 0.3 is 0 Å². The molecule has 90 valence electrons. The predicted octanol–water partition coefficient (Wildman–Crippen LogP) is 2.39. The first-order valence-corrected chi connectivity index (χ1v) is 5.69. The summed E-state index contributed by atoms with van der Waals surface area (Å²) in [6.07, 6.45) is 1.19. The lowest BCUT2D eigenvalue weighted by atomic mass is 10.2. The van der Waals surface area contributed by atoms with Gasteiger partial charge in [-0.2, -0.15) is 15.8 Å². The molecule has 0 spiro atoms. The average molecular weight is 316 g/mol. The first-order valence-electron chi connectivity index (χ1n) is 4.90. The first kappa shape index (κ1) is 12.8. The van der Waals surface area contributed by atoms with Crippen LogP contribution in [0.25, 0.3) is 5.69 Å². The molecule has 2 aromatic rings. The molecule has 0 radical (unpaired) electrons. The van der Waals surface area contributed by atoms with Crippen molar-refractivity contribution in [2.75, 3.05) is 0 Å². The third-order valence-corrected chi connectivity index (χ3v) is 3.20. The minimum Gasteiger partial charge on any atom is -0.286 e. The summed E-state index contributed by atoms with van der Waals surface area (Å²) in [5, 5.41) is 26.6. The summed E-state index contributed by atoms with van der Waals surface area (Å²) < 4.78 is 15.3. The van der Waals surface area contributed by atoms with Crippen molar-refractivity contribution in [2.45, 2.75) is 0 Å². The van der Waals surface area contributed by atoms with Gasteiger partial charge in [0.1, 0.15) is 24.5 Å². The molecule has 1 heterocycles. The maximum atomic E-state index is 14.1. The standard InChI is InChI=1S/C12H3BrFN5/c13-11-7(3-15)1-2-9(12(11)14)19-6-18-8(4-16)10(19)5-17/h1-2,6H. The summed E-state index contributed by atoms with van der Waals surface area (Å²) in [6.45, 7) is 0. The second-order valence-electron chi connectivity index (χ2n) is 3.41. The van der Waals surface area contributed by atoms with Crippen molar-refractivity contribution in [3.63, 3.8) is 0 Å². The van der Waals surface area contributed by atoms with E-state index in [0.717, 1.165) is 0 Å². The number of halogens is 2. The lowest BCUT2D eigenvalue weighted by Crippen LogP contribution is -2.01. The SMILES string of the molecule is N#Cc1ccc(-n2cnc(C#N)c2C#N)c(F)c1Br. The summed E-state index contributed by atoms with van der Waals surface area (Å²) in [4.78, 5) is 3.73. The highest BCUT2D eigenvalue weighted by atomic mass is 79.9. The molecule has 0 unspecified atom stereocenters. The molecule has 0 N–H and O–H groups in total. The van der Waals surface area contributed by atoms with Crippen LogP contribution >= 0.6 is 15.9 Å². The molecule has 5 nitrogen and oxygen atoms in total. The van der Waals surface area contributed by atoms with Crippen LogP contribution in [-0.4, -0.2) is 9.55 Å². The molecule has 0 atom stereocenters. The molecule has 0 fully saturated rings. The van der Waals surface area contributed by atoms with Crippen molar-refractivity contribution in [2.24, 2.45) is 0 Å². The smallest absolute Gasteiger partial charge is 0.177 e. The van der Waals surface area contributed by atoms with Gasteiger partial charge in [0.05, 0.1) is 15.7 Å². The Bertz CT molecular complexity index is 788. The van der Waals surface area contributed by atoms with Gasteiger partial charge < -0.3 is 0 Å². The minimum absolute atomic E-state index is 0.00333. The topological polar surface area (TPSA) is 89.2 Å². The van der Waals surface area contributed by atoms with Gasteiger partial charge in [-0.3, -0.25) is 4.57 Å². The van der Waals surface area contributed by atoms with Crippen molar-refractivity contribution in [3.05, 3.63) is 45.7 Å². The number of rotatable bonds is 1. The summed E-state index contributed by atoms with van der Waals surface area (Å²) >= 11 is 2.98. The summed E-state index contributed by atoms with van der Waals surface area (Å²) in [5.74, 6) is -0.697. The van der Waals surface area contributed by atoms with Gasteiger partial charge in [0.25, 0.3) is 0 Å². The molecule has 1 aromatic heterocycles. The Labute approximate surface area is 115 Å². The molecule has 0 saturated carbocycles. The lowest BCUT2D eigenvalue weighted by Gasteiger charge is -2.07. The molecule has 7 heteroatoms. The Morgan fingerprint density at radius 3 is 2.47 bits per heavy atom. The van der Waals surface area contributed by atoms with Crippen LogP contribution in [-0.2, 0) is 0 Å². The van der Waals surface area contributed by atoms with Gasteiger partial charge in [-0.15, -0.1) is 0 Å². The third kappa shape index (κ3) is 1.95. The van der Waals surface area contributed by atoms with Crippen LogP contribution in [0.15, 0.2) is 22.9 Å². The quantitative estimate of drug-likeness (QED) is 0.808. The van der Waals surface area contributed by atoms with Gasteiger partial charge in [-0.05, 0) is 28.1 Å². The van der Waals surface area contributed by atoms with Crippen molar-refractivity contribution < 1.29 is 4.39 Å². The molecule has 0 aliphatic heterocycles.